The highest BCUT2D eigenvalue weighted by atomic mass is 16.7. The van der Waals surface area contributed by atoms with Gasteiger partial charge >= 0.3 is 0 Å². The standard InChI is InChI=1S/C15H13N3O2/c16-8-11-12-3-1-2-6-18(12)15(17-11)10-4-5-13-14(7-10)20-9-19-13/h1-7H,8-9,16H2. The van der Waals surface area contributed by atoms with Gasteiger partial charge in [-0.3, -0.25) is 4.40 Å². The predicted octanol–water partition coefficient (Wildman–Crippen LogP) is 2.19. The molecule has 2 N–H and O–H groups in total. The second kappa shape index (κ2) is 4.25. The molecular formula is C15H13N3O2. The van der Waals surface area contributed by atoms with Crippen molar-refractivity contribution in [1.29, 1.82) is 0 Å². The molecule has 1 aliphatic heterocycles. The maximum atomic E-state index is 5.78. The third-order valence-electron chi connectivity index (χ3n) is 3.45. The Morgan fingerprint density at radius 1 is 1.15 bits per heavy atom. The zero-order valence-corrected chi connectivity index (χ0v) is 10.7. The number of hydrogen-bond acceptors (Lipinski definition) is 4. The van der Waals surface area contributed by atoms with E-state index in [0.29, 0.717) is 6.54 Å². The van der Waals surface area contributed by atoms with Crippen LogP contribution in [0.2, 0.25) is 0 Å². The molecule has 0 fully saturated rings. The summed E-state index contributed by atoms with van der Waals surface area (Å²) in [5.74, 6) is 2.39. The number of imidazole rings is 1. The monoisotopic (exact) mass is 267 g/mol. The lowest BCUT2D eigenvalue weighted by molar-refractivity contribution is 0.174. The first-order valence-corrected chi connectivity index (χ1v) is 6.43. The maximum Gasteiger partial charge on any atom is 0.231 e. The Kier molecular flexibility index (Phi) is 2.40. The fraction of sp³-hybridized carbons (Fsp3) is 0.133. The Labute approximate surface area is 115 Å². The summed E-state index contributed by atoms with van der Waals surface area (Å²) in [5, 5.41) is 0. The van der Waals surface area contributed by atoms with Crippen molar-refractivity contribution in [1.82, 2.24) is 9.38 Å². The Morgan fingerprint density at radius 3 is 2.95 bits per heavy atom. The second-order valence-electron chi connectivity index (χ2n) is 4.61. The van der Waals surface area contributed by atoms with Gasteiger partial charge in [0, 0.05) is 18.3 Å². The van der Waals surface area contributed by atoms with Crippen molar-refractivity contribution in [3.63, 3.8) is 0 Å². The van der Waals surface area contributed by atoms with E-state index in [-0.39, 0.29) is 6.79 Å². The molecule has 20 heavy (non-hydrogen) atoms. The zero-order chi connectivity index (χ0) is 13.5. The number of nitrogens with two attached hydrogens (primary N) is 1. The van der Waals surface area contributed by atoms with Crippen LogP contribution >= 0.6 is 0 Å². The fourth-order valence-corrected chi connectivity index (χ4v) is 2.49. The largest absolute Gasteiger partial charge is 0.454 e. The molecule has 5 heteroatoms. The summed E-state index contributed by atoms with van der Waals surface area (Å²) < 4.78 is 12.8. The lowest BCUT2D eigenvalue weighted by Crippen LogP contribution is -1.96. The number of benzene rings is 1. The maximum absolute atomic E-state index is 5.78. The molecule has 0 amide bonds. The summed E-state index contributed by atoms with van der Waals surface area (Å²) in [4.78, 5) is 4.65. The van der Waals surface area contributed by atoms with Crippen LogP contribution in [0.3, 0.4) is 0 Å². The molecular weight excluding hydrogens is 254 g/mol. The van der Waals surface area contributed by atoms with Gasteiger partial charge < -0.3 is 15.2 Å². The fourth-order valence-electron chi connectivity index (χ4n) is 2.49. The van der Waals surface area contributed by atoms with E-state index < -0.39 is 0 Å². The van der Waals surface area contributed by atoms with Crippen LogP contribution in [-0.4, -0.2) is 16.2 Å². The number of fused-ring (bicyclic) bond motifs is 2. The van der Waals surface area contributed by atoms with Gasteiger partial charge in [-0.15, -0.1) is 0 Å². The van der Waals surface area contributed by atoms with Crippen LogP contribution in [0.25, 0.3) is 16.9 Å². The van der Waals surface area contributed by atoms with E-state index in [9.17, 15) is 0 Å². The van der Waals surface area contributed by atoms with E-state index in [1.54, 1.807) is 0 Å². The first-order valence-electron chi connectivity index (χ1n) is 6.43. The molecule has 0 bridgehead atoms. The molecule has 3 heterocycles. The summed E-state index contributed by atoms with van der Waals surface area (Å²) in [6.07, 6.45) is 1.99. The number of hydrogen-bond donors (Lipinski definition) is 1. The quantitative estimate of drug-likeness (QED) is 0.773. The first-order chi connectivity index (χ1) is 9.86. The highest BCUT2D eigenvalue weighted by Crippen LogP contribution is 2.36. The minimum absolute atomic E-state index is 0.273. The minimum Gasteiger partial charge on any atom is -0.454 e. The molecule has 0 saturated heterocycles. The lowest BCUT2D eigenvalue weighted by Gasteiger charge is -2.02. The zero-order valence-electron chi connectivity index (χ0n) is 10.7. The summed E-state index contributed by atoms with van der Waals surface area (Å²) in [5.41, 5.74) is 8.68. The van der Waals surface area contributed by atoms with Crippen LogP contribution in [0.1, 0.15) is 5.69 Å². The van der Waals surface area contributed by atoms with Crippen LogP contribution < -0.4 is 15.2 Å². The average molecular weight is 267 g/mol. The molecule has 4 rings (SSSR count). The van der Waals surface area contributed by atoms with Crippen molar-refractivity contribution in [2.45, 2.75) is 6.54 Å². The number of rotatable bonds is 2. The van der Waals surface area contributed by atoms with Crippen LogP contribution in [0.15, 0.2) is 42.6 Å². The summed E-state index contributed by atoms with van der Waals surface area (Å²) >= 11 is 0. The Balaban J connectivity index is 1.94. The first kappa shape index (κ1) is 11.3. The number of ether oxygens (including phenoxy) is 2. The minimum atomic E-state index is 0.273. The van der Waals surface area contributed by atoms with Crippen molar-refractivity contribution in [3.8, 4) is 22.9 Å². The third-order valence-corrected chi connectivity index (χ3v) is 3.45. The number of nitrogens with zero attached hydrogens (tertiary/aromatic N) is 2. The van der Waals surface area contributed by atoms with Crippen LogP contribution in [0, 0.1) is 0 Å². The van der Waals surface area contributed by atoms with E-state index in [0.717, 1.165) is 34.1 Å². The highest BCUT2D eigenvalue weighted by molar-refractivity contribution is 5.68. The number of aromatic nitrogens is 2. The Morgan fingerprint density at radius 2 is 2.05 bits per heavy atom. The van der Waals surface area contributed by atoms with Crippen molar-refractivity contribution >= 4 is 5.52 Å². The molecule has 1 aliphatic rings. The van der Waals surface area contributed by atoms with Crippen LogP contribution in [-0.2, 0) is 6.54 Å². The van der Waals surface area contributed by atoms with E-state index in [1.807, 2.05) is 47.0 Å². The molecule has 0 radical (unpaired) electrons. The lowest BCUT2D eigenvalue weighted by atomic mass is 10.2. The van der Waals surface area contributed by atoms with Gasteiger partial charge in [0.1, 0.15) is 5.82 Å². The molecule has 0 unspecified atom stereocenters. The summed E-state index contributed by atoms with van der Waals surface area (Å²) in [6.45, 7) is 0.688. The Hall–Kier alpha value is -2.53. The van der Waals surface area contributed by atoms with Gasteiger partial charge in [-0.25, -0.2) is 4.98 Å². The third kappa shape index (κ3) is 1.57. The van der Waals surface area contributed by atoms with Gasteiger partial charge in [-0.1, -0.05) is 6.07 Å². The predicted molar refractivity (Wildman–Crippen MR) is 74.6 cm³/mol. The smallest absolute Gasteiger partial charge is 0.231 e. The van der Waals surface area contributed by atoms with E-state index >= 15 is 0 Å². The molecule has 0 saturated carbocycles. The van der Waals surface area contributed by atoms with Gasteiger partial charge in [0.15, 0.2) is 11.5 Å². The molecule has 1 aromatic carbocycles. The van der Waals surface area contributed by atoms with E-state index in [4.69, 9.17) is 15.2 Å². The normalized spacial score (nSPS) is 13.1. The molecule has 2 aromatic heterocycles. The van der Waals surface area contributed by atoms with Crippen LogP contribution in [0.4, 0.5) is 0 Å². The van der Waals surface area contributed by atoms with Gasteiger partial charge in [0.05, 0.1) is 11.2 Å². The van der Waals surface area contributed by atoms with Crippen LogP contribution in [0.5, 0.6) is 11.5 Å². The number of pyridine rings is 1. The Bertz CT molecular complexity index is 795. The van der Waals surface area contributed by atoms with E-state index in [1.165, 1.54) is 0 Å². The van der Waals surface area contributed by atoms with Gasteiger partial charge in [-0.05, 0) is 30.3 Å². The topological polar surface area (TPSA) is 61.8 Å². The average Bonchev–Trinajstić information content (AvgIpc) is 3.10. The van der Waals surface area contributed by atoms with Crippen molar-refractivity contribution in [2.75, 3.05) is 6.79 Å². The molecule has 5 nitrogen and oxygen atoms in total. The van der Waals surface area contributed by atoms with Gasteiger partial charge in [0.25, 0.3) is 0 Å². The molecule has 0 spiro atoms. The molecule has 0 aliphatic carbocycles. The van der Waals surface area contributed by atoms with Gasteiger partial charge in [0.2, 0.25) is 6.79 Å². The summed E-state index contributed by atoms with van der Waals surface area (Å²) in [6, 6.07) is 11.8. The highest BCUT2D eigenvalue weighted by Gasteiger charge is 2.17. The molecule has 100 valence electrons. The molecule has 3 aromatic rings. The van der Waals surface area contributed by atoms with Gasteiger partial charge in [-0.2, -0.15) is 0 Å². The second-order valence-corrected chi connectivity index (χ2v) is 4.61. The van der Waals surface area contributed by atoms with Crippen molar-refractivity contribution in [3.05, 3.63) is 48.3 Å². The summed E-state index contributed by atoms with van der Waals surface area (Å²) in [7, 11) is 0. The molecule has 0 atom stereocenters. The SMILES string of the molecule is NCc1nc(-c2ccc3c(c2)OCO3)n2ccccc12. The van der Waals surface area contributed by atoms with E-state index in [2.05, 4.69) is 4.98 Å². The van der Waals surface area contributed by atoms with Crippen molar-refractivity contribution < 1.29 is 9.47 Å². The van der Waals surface area contributed by atoms with Crippen molar-refractivity contribution in [2.24, 2.45) is 5.73 Å².